The summed E-state index contributed by atoms with van der Waals surface area (Å²) in [4.78, 5) is 16.6. The molecule has 1 aromatic heterocycles. The Morgan fingerprint density at radius 2 is 1.64 bits per heavy atom. The van der Waals surface area contributed by atoms with Gasteiger partial charge in [0.25, 0.3) is 0 Å². The highest BCUT2D eigenvalue weighted by Gasteiger charge is 2.36. The average molecular weight is 473 g/mol. The van der Waals surface area contributed by atoms with E-state index in [1.165, 1.54) is 14.2 Å². The first kappa shape index (κ1) is 23.9. The molecule has 0 saturated heterocycles. The summed E-state index contributed by atoms with van der Waals surface area (Å²) in [5, 5.41) is 11.9. The Morgan fingerprint density at radius 3 is 2.15 bits per heavy atom. The molecule has 1 N–H and O–H groups in total. The van der Waals surface area contributed by atoms with Crippen molar-refractivity contribution < 1.29 is 27.4 Å². The normalized spacial score (nSPS) is 10.9. The first-order valence-corrected chi connectivity index (χ1v) is 10.5. The topological polar surface area (TPSA) is 84.2 Å². The van der Waals surface area contributed by atoms with Crippen molar-refractivity contribution in [3.8, 4) is 28.8 Å². The molecular weight excluding hydrogens is 455 g/mol. The molecule has 1 amide bonds. The maximum Gasteiger partial charge on any atom is 0.417 e. The van der Waals surface area contributed by atoms with Crippen molar-refractivity contribution in [2.75, 3.05) is 25.3 Å². The van der Waals surface area contributed by atoms with E-state index in [1.54, 1.807) is 54.6 Å². The summed E-state index contributed by atoms with van der Waals surface area (Å²) in [7, 11) is 2.99. The third kappa shape index (κ3) is 5.96. The lowest BCUT2D eigenvalue weighted by Gasteiger charge is -2.14. The van der Waals surface area contributed by atoms with Crippen LogP contribution in [0.15, 0.2) is 59.6 Å². The highest BCUT2D eigenvalue weighted by Crippen LogP contribution is 2.38. The fourth-order valence-electron chi connectivity index (χ4n) is 2.87. The van der Waals surface area contributed by atoms with Crippen LogP contribution in [0.1, 0.15) is 11.1 Å². The van der Waals surface area contributed by atoms with E-state index in [0.717, 1.165) is 17.8 Å². The second kappa shape index (κ2) is 10.3. The van der Waals surface area contributed by atoms with Crippen molar-refractivity contribution in [3.05, 3.63) is 65.7 Å². The number of nitriles is 1. The van der Waals surface area contributed by atoms with E-state index in [0.29, 0.717) is 22.7 Å². The summed E-state index contributed by atoms with van der Waals surface area (Å²) in [5.41, 5.74) is -0.791. The lowest BCUT2D eigenvalue weighted by Crippen LogP contribution is -2.15. The number of nitrogens with one attached hydrogen (secondary N) is 1. The molecule has 2 aromatic carbocycles. The molecule has 0 unspecified atom stereocenters. The molecule has 0 fully saturated rings. The number of carbonyl (C=O) groups excluding carboxylic acids is 1. The fraction of sp³-hybridized carbons (Fsp3) is 0.174. The van der Waals surface area contributed by atoms with Gasteiger partial charge in [-0.3, -0.25) is 4.79 Å². The molecular formula is C23H18F3N3O3S. The van der Waals surface area contributed by atoms with Crippen molar-refractivity contribution in [1.82, 2.24) is 4.98 Å². The van der Waals surface area contributed by atoms with Gasteiger partial charge in [0.1, 0.15) is 22.6 Å². The maximum atomic E-state index is 13.7. The molecule has 0 atom stereocenters. The molecule has 0 radical (unpaired) electrons. The fourth-order valence-corrected chi connectivity index (χ4v) is 3.68. The van der Waals surface area contributed by atoms with Gasteiger partial charge >= 0.3 is 6.18 Å². The van der Waals surface area contributed by atoms with Gasteiger partial charge in [0.15, 0.2) is 0 Å². The van der Waals surface area contributed by atoms with Crippen molar-refractivity contribution in [1.29, 1.82) is 5.26 Å². The van der Waals surface area contributed by atoms with Crippen LogP contribution in [-0.2, 0) is 11.0 Å². The second-order valence-electron chi connectivity index (χ2n) is 6.64. The molecule has 0 spiro atoms. The van der Waals surface area contributed by atoms with Gasteiger partial charge in [-0.2, -0.15) is 18.4 Å². The Balaban J connectivity index is 1.88. The van der Waals surface area contributed by atoms with E-state index in [1.807, 2.05) is 0 Å². The zero-order valence-corrected chi connectivity index (χ0v) is 18.4. The summed E-state index contributed by atoms with van der Waals surface area (Å²) in [6.45, 7) is 0. The number of hydrogen-bond acceptors (Lipinski definition) is 6. The summed E-state index contributed by atoms with van der Waals surface area (Å²) < 4.78 is 51.2. The quantitative estimate of drug-likeness (QED) is 0.464. The highest BCUT2D eigenvalue weighted by molar-refractivity contribution is 8.00. The van der Waals surface area contributed by atoms with Crippen molar-refractivity contribution in [2.24, 2.45) is 0 Å². The number of carbonyl (C=O) groups is 1. The number of pyridine rings is 1. The first-order chi connectivity index (χ1) is 15.7. The molecule has 33 heavy (non-hydrogen) atoms. The molecule has 0 aliphatic carbocycles. The average Bonchev–Trinajstić information content (AvgIpc) is 2.82. The van der Waals surface area contributed by atoms with Gasteiger partial charge in [-0.05, 0) is 54.6 Å². The Kier molecular flexibility index (Phi) is 7.45. The Bertz CT molecular complexity index is 1180. The standard InChI is InChI=1S/C23H18F3N3O3S/c1-31-16-7-3-14(4-8-16)20-11-19(23(24,25)26)18(12-27)22(29-20)33-13-21(30)28-15-5-9-17(32-2)10-6-15/h3-11H,13H2,1-2H3,(H,28,30). The van der Waals surface area contributed by atoms with Crippen LogP contribution in [0.25, 0.3) is 11.3 Å². The van der Waals surface area contributed by atoms with Crippen LogP contribution in [0.2, 0.25) is 0 Å². The lowest BCUT2D eigenvalue weighted by molar-refractivity contribution is -0.138. The number of anilines is 1. The molecule has 0 saturated carbocycles. The second-order valence-corrected chi connectivity index (χ2v) is 7.60. The smallest absolute Gasteiger partial charge is 0.417 e. The number of amides is 1. The van der Waals surface area contributed by atoms with Gasteiger partial charge in [0.2, 0.25) is 5.91 Å². The Morgan fingerprint density at radius 1 is 1.06 bits per heavy atom. The van der Waals surface area contributed by atoms with Crippen LogP contribution < -0.4 is 14.8 Å². The van der Waals surface area contributed by atoms with Crippen LogP contribution in [0.5, 0.6) is 11.5 Å². The van der Waals surface area contributed by atoms with Gasteiger partial charge in [-0.1, -0.05) is 11.8 Å². The van der Waals surface area contributed by atoms with Crippen molar-refractivity contribution >= 4 is 23.4 Å². The van der Waals surface area contributed by atoms with E-state index in [2.05, 4.69) is 10.3 Å². The summed E-state index contributed by atoms with van der Waals surface area (Å²) >= 11 is 0.758. The molecule has 0 aliphatic rings. The zero-order valence-electron chi connectivity index (χ0n) is 17.6. The number of aromatic nitrogens is 1. The number of alkyl halides is 3. The largest absolute Gasteiger partial charge is 0.497 e. The number of ether oxygens (including phenoxy) is 2. The SMILES string of the molecule is COc1ccc(NC(=O)CSc2nc(-c3ccc(OC)cc3)cc(C(F)(F)F)c2C#N)cc1. The zero-order chi connectivity index (χ0) is 24.0. The Hall–Kier alpha value is -3.71. The lowest BCUT2D eigenvalue weighted by atomic mass is 10.1. The van der Waals surface area contributed by atoms with E-state index in [4.69, 9.17) is 9.47 Å². The first-order valence-electron chi connectivity index (χ1n) is 9.48. The third-order valence-corrected chi connectivity index (χ3v) is 5.48. The van der Waals surface area contributed by atoms with Gasteiger partial charge in [0.05, 0.1) is 36.8 Å². The summed E-state index contributed by atoms with van der Waals surface area (Å²) in [6, 6.07) is 15.3. The van der Waals surface area contributed by atoms with Gasteiger partial charge in [-0.15, -0.1) is 0 Å². The number of methoxy groups -OCH3 is 2. The molecule has 0 bridgehead atoms. The molecule has 6 nitrogen and oxygen atoms in total. The molecule has 170 valence electrons. The van der Waals surface area contributed by atoms with Crippen molar-refractivity contribution in [2.45, 2.75) is 11.2 Å². The van der Waals surface area contributed by atoms with E-state index < -0.39 is 23.2 Å². The molecule has 3 aromatic rings. The Labute approximate surface area is 192 Å². The number of hydrogen-bond donors (Lipinski definition) is 1. The van der Waals surface area contributed by atoms with Crippen molar-refractivity contribution in [3.63, 3.8) is 0 Å². The number of nitrogens with zero attached hydrogens (tertiary/aromatic N) is 2. The van der Waals surface area contributed by atoms with Gasteiger partial charge < -0.3 is 14.8 Å². The highest BCUT2D eigenvalue weighted by atomic mass is 32.2. The maximum absolute atomic E-state index is 13.7. The summed E-state index contributed by atoms with van der Waals surface area (Å²) in [5.74, 6) is 0.449. The predicted molar refractivity (Wildman–Crippen MR) is 118 cm³/mol. The molecule has 1 heterocycles. The predicted octanol–water partition coefficient (Wildman–Crippen LogP) is 5.39. The minimum Gasteiger partial charge on any atom is -0.497 e. The van der Waals surface area contributed by atoms with Crippen LogP contribution in [0.4, 0.5) is 18.9 Å². The number of halogens is 3. The monoisotopic (exact) mass is 473 g/mol. The van der Waals surface area contributed by atoms with E-state index >= 15 is 0 Å². The van der Waals surface area contributed by atoms with Crippen LogP contribution in [0.3, 0.4) is 0 Å². The molecule has 10 heteroatoms. The minimum absolute atomic E-state index is 0.0297. The number of thioether (sulfide) groups is 1. The van der Waals surface area contributed by atoms with Crippen LogP contribution >= 0.6 is 11.8 Å². The minimum atomic E-state index is -4.77. The van der Waals surface area contributed by atoms with Crippen LogP contribution in [0, 0.1) is 11.3 Å². The van der Waals surface area contributed by atoms with Gasteiger partial charge in [-0.25, -0.2) is 4.98 Å². The van der Waals surface area contributed by atoms with Crippen LogP contribution in [-0.4, -0.2) is 30.9 Å². The van der Waals surface area contributed by atoms with E-state index in [9.17, 15) is 23.2 Å². The molecule has 0 aliphatic heterocycles. The molecule has 3 rings (SSSR count). The number of rotatable bonds is 7. The van der Waals surface area contributed by atoms with Gasteiger partial charge in [0, 0.05) is 11.3 Å². The van der Waals surface area contributed by atoms with E-state index in [-0.39, 0.29) is 16.5 Å². The third-order valence-electron chi connectivity index (χ3n) is 4.50. The summed E-state index contributed by atoms with van der Waals surface area (Å²) in [6.07, 6.45) is -4.77. The number of benzene rings is 2.